The van der Waals surface area contributed by atoms with Gasteiger partial charge in [0, 0.05) is 12.1 Å². The number of hydrogen-bond donors (Lipinski definition) is 2. The molecule has 1 amide bonds. The van der Waals surface area contributed by atoms with Crippen molar-refractivity contribution in [3.8, 4) is 0 Å². The summed E-state index contributed by atoms with van der Waals surface area (Å²) in [5.41, 5.74) is 0.867. The van der Waals surface area contributed by atoms with E-state index in [-0.39, 0.29) is 12.5 Å². The SMILES string of the molecule is CCc1ccccc1C(=O)NCC1(C(=O)O)CCCC1. The molecule has 1 fully saturated rings. The van der Waals surface area contributed by atoms with Crippen LogP contribution >= 0.6 is 0 Å². The van der Waals surface area contributed by atoms with E-state index in [4.69, 9.17) is 0 Å². The molecule has 2 N–H and O–H groups in total. The number of benzene rings is 1. The minimum atomic E-state index is -0.793. The van der Waals surface area contributed by atoms with Gasteiger partial charge in [0.2, 0.25) is 0 Å². The topological polar surface area (TPSA) is 66.4 Å². The van der Waals surface area contributed by atoms with Crippen LogP contribution in [0.5, 0.6) is 0 Å². The van der Waals surface area contributed by atoms with Crippen LogP contribution in [0.1, 0.15) is 48.5 Å². The average Bonchev–Trinajstić information content (AvgIpc) is 2.95. The Balaban J connectivity index is 2.06. The molecule has 0 aliphatic heterocycles. The first-order valence-electron chi connectivity index (χ1n) is 7.18. The standard InChI is InChI=1S/C16H21NO3/c1-2-12-7-3-4-8-13(12)14(18)17-11-16(15(19)20)9-5-6-10-16/h3-4,7-8H,2,5-6,9-11H2,1H3,(H,17,18)(H,19,20). The Hall–Kier alpha value is -1.84. The maximum absolute atomic E-state index is 12.2. The van der Waals surface area contributed by atoms with E-state index in [2.05, 4.69) is 5.32 Å². The number of aryl methyl sites for hydroxylation is 1. The lowest BCUT2D eigenvalue weighted by Crippen LogP contribution is -2.41. The molecule has 0 atom stereocenters. The summed E-state index contributed by atoms with van der Waals surface area (Å²) < 4.78 is 0. The van der Waals surface area contributed by atoms with Gasteiger partial charge in [-0.15, -0.1) is 0 Å². The maximum atomic E-state index is 12.2. The fourth-order valence-corrected chi connectivity index (χ4v) is 2.91. The molecule has 108 valence electrons. The van der Waals surface area contributed by atoms with Crippen LogP contribution in [0, 0.1) is 5.41 Å². The van der Waals surface area contributed by atoms with Crippen molar-refractivity contribution in [3.05, 3.63) is 35.4 Å². The molecule has 4 nitrogen and oxygen atoms in total. The molecule has 2 rings (SSSR count). The summed E-state index contributed by atoms with van der Waals surface area (Å²) >= 11 is 0. The normalized spacial score (nSPS) is 16.9. The van der Waals surface area contributed by atoms with E-state index in [0.717, 1.165) is 24.8 Å². The molecular formula is C16H21NO3. The zero-order valence-electron chi connectivity index (χ0n) is 11.8. The number of nitrogens with one attached hydrogen (secondary N) is 1. The molecule has 1 aliphatic carbocycles. The summed E-state index contributed by atoms with van der Waals surface area (Å²) in [6.07, 6.45) is 3.94. The van der Waals surface area contributed by atoms with Gasteiger partial charge < -0.3 is 10.4 Å². The highest BCUT2D eigenvalue weighted by Gasteiger charge is 2.41. The quantitative estimate of drug-likeness (QED) is 0.868. The van der Waals surface area contributed by atoms with E-state index in [0.29, 0.717) is 18.4 Å². The van der Waals surface area contributed by atoms with Crippen LogP contribution in [0.15, 0.2) is 24.3 Å². The van der Waals surface area contributed by atoms with Crippen LogP contribution in [-0.2, 0) is 11.2 Å². The van der Waals surface area contributed by atoms with E-state index in [1.54, 1.807) is 6.07 Å². The average molecular weight is 275 g/mol. The molecule has 0 aromatic heterocycles. The predicted octanol–water partition coefficient (Wildman–Crippen LogP) is 2.62. The maximum Gasteiger partial charge on any atom is 0.311 e. The molecule has 0 unspecified atom stereocenters. The lowest BCUT2D eigenvalue weighted by Gasteiger charge is -2.24. The third-order valence-electron chi connectivity index (χ3n) is 4.24. The highest BCUT2D eigenvalue weighted by molar-refractivity contribution is 5.96. The number of amides is 1. The van der Waals surface area contributed by atoms with Gasteiger partial charge in [0.1, 0.15) is 0 Å². The molecule has 4 heteroatoms. The van der Waals surface area contributed by atoms with E-state index >= 15 is 0 Å². The molecule has 1 saturated carbocycles. The van der Waals surface area contributed by atoms with E-state index in [1.807, 2.05) is 25.1 Å². The Labute approximate surface area is 119 Å². The van der Waals surface area contributed by atoms with E-state index in [9.17, 15) is 14.7 Å². The van der Waals surface area contributed by atoms with Crippen LogP contribution in [0.3, 0.4) is 0 Å². The molecule has 0 heterocycles. The zero-order chi connectivity index (χ0) is 14.6. The summed E-state index contributed by atoms with van der Waals surface area (Å²) in [5, 5.41) is 12.2. The number of carbonyl (C=O) groups excluding carboxylic acids is 1. The molecule has 20 heavy (non-hydrogen) atoms. The first-order valence-corrected chi connectivity index (χ1v) is 7.18. The van der Waals surface area contributed by atoms with Crippen molar-refractivity contribution in [2.75, 3.05) is 6.54 Å². The van der Waals surface area contributed by atoms with Crippen LogP contribution in [-0.4, -0.2) is 23.5 Å². The second-order valence-electron chi connectivity index (χ2n) is 5.49. The number of carbonyl (C=O) groups is 2. The van der Waals surface area contributed by atoms with Gasteiger partial charge in [-0.3, -0.25) is 9.59 Å². The summed E-state index contributed by atoms with van der Waals surface area (Å²) in [6.45, 7) is 2.22. The van der Waals surface area contributed by atoms with Gasteiger partial charge >= 0.3 is 5.97 Å². The fourth-order valence-electron chi connectivity index (χ4n) is 2.91. The molecule has 0 bridgehead atoms. The Morgan fingerprint density at radius 1 is 1.25 bits per heavy atom. The predicted molar refractivity (Wildman–Crippen MR) is 76.7 cm³/mol. The van der Waals surface area contributed by atoms with Gasteiger partial charge in [-0.25, -0.2) is 0 Å². The van der Waals surface area contributed by atoms with Gasteiger partial charge in [0.05, 0.1) is 5.41 Å². The monoisotopic (exact) mass is 275 g/mol. The number of rotatable bonds is 5. The number of hydrogen-bond acceptors (Lipinski definition) is 2. The summed E-state index contributed by atoms with van der Waals surface area (Å²) in [4.78, 5) is 23.7. The van der Waals surface area contributed by atoms with Gasteiger partial charge in [-0.05, 0) is 30.9 Å². The Bertz CT molecular complexity index is 504. The third kappa shape index (κ3) is 2.84. The Morgan fingerprint density at radius 2 is 1.90 bits per heavy atom. The van der Waals surface area contributed by atoms with Crippen LogP contribution < -0.4 is 5.32 Å². The molecule has 1 aromatic carbocycles. The molecule has 1 aromatic rings. The molecule has 0 spiro atoms. The first kappa shape index (κ1) is 14.6. The lowest BCUT2D eigenvalue weighted by atomic mass is 9.86. The minimum absolute atomic E-state index is 0.171. The van der Waals surface area contributed by atoms with Crippen molar-refractivity contribution in [3.63, 3.8) is 0 Å². The number of carboxylic acid groups (broad SMARTS) is 1. The van der Waals surface area contributed by atoms with Crippen molar-refractivity contribution < 1.29 is 14.7 Å². The fraction of sp³-hybridized carbons (Fsp3) is 0.500. The second kappa shape index (κ2) is 6.07. The van der Waals surface area contributed by atoms with Crippen molar-refractivity contribution >= 4 is 11.9 Å². The van der Waals surface area contributed by atoms with Gasteiger partial charge in [0.25, 0.3) is 5.91 Å². The summed E-state index contributed by atoms with van der Waals surface area (Å²) in [6, 6.07) is 7.45. The largest absolute Gasteiger partial charge is 0.481 e. The molecular weight excluding hydrogens is 254 g/mol. The zero-order valence-corrected chi connectivity index (χ0v) is 11.8. The number of aliphatic carboxylic acids is 1. The van der Waals surface area contributed by atoms with Gasteiger partial charge in [-0.2, -0.15) is 0 Å². The van der Waals surface area contributed by atoms with Gasteiger partial charge in [0.15, 0.2) is 0 Å². The molecule has 1 aliphatic rings. The van der Waals surface area contributed by atoms with Crippen molar-refractivity contribution in [1.29, 1.82) is 0 Å². The van der Waals surface area contributed by atoms with Crippen LogP contribution in [0.2, 0.25) is 0 Å². The van der Waals surface area contributed by atoms with Crippen molar-refractivity contribution in [1.82, 2.24) is 5.32 Å². The lowest BCUT2D eigenvalue weighted by molar-refractivity contribution is -0.148. The molecule has 0 radical (unpaired) electrons. The Kier molecular flexibility index (Phi) is 4.42. The van der Waals surface area contributed by atoms with Crippen molar-refractivity contribution in [2.24, 2.45) is 5.41 Å². The highest BCUT2D eigenvalue weighted by Crippen LogP contribution is 2.37. The third-order valence-corrected chi connectivity index (χ3v) is 4.24. The minimum Gasteiger partial charge on any atom is -0.481 e. The highest BCUT2D eigenvalue weighted by atomic mass is 16.4. The van der Waals surface area contributed by atoms with E-state index in [1.165, 1.54) is 0 Å². The van der Waals surface area contributed by atoms with E-state index < -0.39 is 11.4 Å². The first-order chi connectivity index (χ1) is 9.59. The summed E-state index contributed by atoms with van der Waals surface area (Å²) in [5.74, 6) is -0.964. The Morgan fingerprint density at radius 3 is 2.50 bits per heavy atom. The smallest absolute Gasteiger partial charge is 0.311 e. The van der Waals surface area contributed by atoms with Crippen LogP contribution in [0.4, 0.5) is 0 Å². The molecule has 0 saturated heterocycles. The summed E-state index contributed by atoms with van der Waals surface area (Å²) in [7, 11) is 0. The second-order valence-corrected chi connectivity index (χ2v) is 5.49. The number of carboxylic acids is 1. The van der Waals surface area contributed by atoms with Crippen LogP contribution in [0.25, 0.3) is 0 Å². The van der Waals surface area contributed by atoms with Crippen molar-refractivity contribution in [2.45, 2.75) is 39.0 Å². The van der Waals surface area contributed by atoms with Gasteiger partial charge in [-0.1, -0.05) is 38.0 Å².